The number of benzene rings is 2. The van der Waals surface area contributed by atoms with E-state index in [2.05, 4.69) is 19.7 Å². The van der Waals surface area contributed by atoms with Crippen molar-refractivity contribution in [3.63, 3.8) is 0 Å². The lowest BCUT2D eigenvalue weighted by Gasteiger charge is -2.12. The summed E-state index contributed by atoms with van der Waals surface area (Å²) in [4.78, 5) is 58.8. The second-order valence-electron chi connectivity index (χ2n) is 6.16. The van der Waals surface area contributed by atoms with Crippen molar-refractivity contribution in [2.75, 3.05) is 0 Å². The zero-order chi connectivity index (χ0) is 25.3. The molecule has 0 atom stereocenters. The van der Waals surface area contributed by atoms with Gasteiger partial charge in [0.15, 0.2) is 11.5 Å². The Labute approximate surface area is 193 Å². The summed E-state index contributed by atoms with van der Waals surface area (Å²) in [7, 11) is 0. The molecule has 34 heavy (non-hydrogen) atoms. The van der Waals surface area contributed by atoms with Gasteiger partial charge in [-0.25, -0.2) is 19.2 Å². The van der Waals surface area contributed by atoms with E-state index in [1.54, 1.807) is 0 Å². The average Bonchev–Trinajstić information content (AvgIpc) is 2.79. The van der Waals surface area contributed by atoms with Crippen LogP contribution in [0, 0.1) is 0 Å². The molecular weight excluding hydrogens is 448 g/mol. The molecule has 0 spiro atoms. The number of ether oxygens (including phenoxy) is 5. The zero-order valence-corrected chi connectivity index (χ0v) is 17.9. The molecule has 10 nitrogen and oxygen atoms in total. The van der Waals surface area contributed by atoms with Crippen LogP contribution in [0.4, 0.5) is 0 Å². The van der Waals surface area contributed by atoms with Gasteiger partial charge in [0.25, 0.3) is 0 Å². The van der Waals surface area contributed by atoms with Crippen LogP contribution in [0.1, 0.15) is 17.3 Å². The fourth-order valence-electron chi connectivity index (χ4n) is 2.31. The Bertz CT molecular complexity index is 1150. The van der Waals surface area contributed by atoms with E-state index in [9.17, 15) is 24.0 Å². The molecule has 0 saturated heterocycles. The van der Waals surface area contributed by atoms with Gasteiger partial charge in [0.1, 0.15) is 17.2 Å². The van der Waals surface area contributed by atoms with Crippen LogP contribution >= 0.6 is 0 Å². The minimum atomic E-state index is -0.989. The van der Waals surface area contributed by atoms with Crippen molar-refractivity contribution in [1.29, 1.82) is 0 Å². The van der Waals surface area contributed by atoms with Gasteiger partial charge >= 0.3 is 29.8 Å². The van der Waals surface area contributed by atoms with E-state index in [1.165, 1.54) is 18.2 Å². The normalized spacial score (nSPS) is 9.68. The fourth-order valence-corrected chi connectivity index (χ4v) is 2.31. The van der Waals surface area contributed by atoms with Crippen LogP contribution in [-0.2, 0) is 19.2 Å². The largest absolute Gasteiger partial charge is 0.423 e. The highest BCUT2D eigenvalue weighted by Crippen LogP contribution is 2.33. The van der Waals surface area contributed by atoms with Gasteiger partial charge in [-0.1, -0.05) is 19.7 Å². The molecule has 0 radical (unpaired) electrons. The number of carbonyl (C=O) groups excluding carboxylic acids is 5. The minimum Gasteiger partial charge on any atom is -0.423 e. The molecule has 0 fully saturated rings. The van der Waals surface area contributed by atoms with Gasteiger partial charge in [0.05, 0.1) is 5.56 Å². The van der Waals surface area contributed by atoms with E-state index in [-0.39, 0.29) is 34.3 Å². The summed E-state index contributed by atoms with van der Waals surface area (Å²) in [5.74, 6) is -4.83. The first-order chi connectivity index (χ1) is 16.1. The number of esters is 5. The first kappa shape index (κ1) is 25.3. The molecule has 0 N–H and O–H groups in total. The second-order valence-corrected chi connectivity index (χ2v) is 6.16. The molecule has 0 unspecified atom stereocenters. The molecular formula is C24H18O10. The van der Waals surface area contributed by atoms with Gasteiger partial charge < -0.3 is 23.7 Å². The van der Waals surface area contributed by atoms with Gasteiger partial charge in [0.2, 0.25) is 0 Å². The first-order valence-electron chi connectivity index (χ1n) is 9.37. The summed E-state index contributed by atoms with van der Waals surface area (Å²) < 4.78 is 25.3. The van der Waals surface area contributed by atoms with Gasteiger partial charge in [-0.15, -0.1) is 0 Å². The Kier molecular flexibility index (Phi) is 8.61. The predicted molar refractivity (Wildman–Crippen MR) is 117 cm³/mol. The van der Waals surface area contributed by atoms with Crippen molar-refractivity contribution in [2.24, 2.45) is 0 Å². The minimum absolute atomic E-state index is 0.00194. The first-order valence-corrected chi connectivity index (χ1v) is 9.37. The molecule has 0 aliphatic heterocycles. The predicted octanol–water partition coefficient (Wildman–Crippen LogP) is 3.11. The number of hydrogen-bond acceptors (Lipinski definition) is 10. The molecule has 0 saturated carbocycles. The van der Waals surface area contributed by atoms with Crippen LogP contribution in [-0.4, -0.2) is 29.8 Å². The highest BCUT2D eigenvalue weighted by atomic mass is 16.6. The van der Waals surface area contributed by atoms with Crippen molar-refractivity contribution >= 4 is 29.8 Å². The highest BCUT2D eigenvalue weighted by molar-refractivity contribution is 5.93. The molecule has 2 aromatic rings. The maximum absolute atomic E-state index is 12.8. The fraction of sp³-hybridized carbons (Fsp3) is 0.0417. The van der Waals surface area contributed by atoms with E-state index < -0.39 is 29.8 Å². The third-order valence-electron chi connectivity index (χ3n) is 3.64. The molecule has 10 heteroatoms. The van der Waals surface area contributed by atoms with Gasteiger partial charge in [0, 0.05) is 37.3 Å². The second kappa shape index (κ2) is 11.6. The Hall–Kier alpha value is -4.99. The lowest BCUT2D eigenvalue weighted by molar-refractivity contribution is -0.132. The maximum atomic E-state index is 12.8. The third-order valence-corrected chi connectivity index (χ3v) is 3.64. The number of hydrogen-bond donors (Lipinski definition) is 0. The summed E-state index contributed by atoms with van der Waals surface area (Å²) in [5.41, 5.74) is -0.183. The van der Waals surface area contributed by atoms with Gasteiger partial charge in [-0.05, 0) is 24.3 Å². The van der Waals surface area contributed by atoms with Crippen LogP contribution in [0.25, 0.3) is 0 Å². The Balaban J connectivity index is 2.41. The standard InChI is InChI=1S/C24H18O10/c1-5-21(26)31-16-8-9-19(20(13-16)30-14(4)25)34-24(29)15-10-17(32-22(27)6-2)12-18(11-15)33-23(28)7-3/h5-13H,1-3H2,4H3. The summed E-state index contributed by atoms with van der Waals surface area (Å²) in [6.07, 6.45) is 2.72. The van der Waals surface area contributed by atoms with Crippen LogP contribution < -0.4 is 23.7 Å². The zero-order valence-electron chi connectivity index (χ0n) is 17.9. The van der Waals surface area contributed by atoms with E-state index in [0.29, 0.717) is 0 Å². The molecule has 0 bridgehead atoms. The lowest BCUT2D eigenvalue weighted by atomic mass is 10.2. The van der Waals surface area contributed by atoms with E-state index in [1.807, 2.05) is 0 Å². The summed E-state index contributed by atoms with van der Waals surface area (Å²) in [6.45, 7) is 10.9. The molecule has 174 valence electrons. The summed E-state index contributed by atoms with van der Waals surface area (Å²) >= 11 is 0. The van der Waals surface area contributed by atoms with E-state index in [4.69, 9.17) is 23.7 Å². The number of carbonyl (C=O) groups is 5. The highest BCUT2D eigenvalue weighted by Gasteiger charge is 2.19. The average molecular weight is 466 g/mol. The molecule has 0 aliphatic carbocycles. The monoisotopic (exact) mass is 466 g/mol. The van der Waals surface area contributed by atoms with Crippen molar-refractivity contribution in [1.82, 2.24) is 0 Å². The molecule has 2 aromatic carbocycles. The summed E-state index contributed by atoms with van der Waals surface area (Å²) in [6, 6.07) is 7.16. The SMILES string of the molecule is C=CC(=O)Oc1cc(OC(=O)C=C)cc(C(=O)Oc2ccc(OC(=O)C=C)cc2OC(C)=O)c1. The molecule has 2 rings (SSSR count). The molecule has 0 aliphatic rings. The molecule has 0 aromatic heterocycles. The smallest absolute Gasteiger partial charge is 0.343 e. The Morgan fingerprint density at radius 2 is 1.12 bits per heavy atom. The Morgan fingerprint density at radius 3 is 1.59 bits per heavy atom. The Morgan fingerprint density at radius 1 is 0.618 bits per heavy atom. The number of rotatable bonds is 9. The van der Waals surface area contributed by atoms with Gasteiger partial charge in [-0.2, -0.15) is 0 Å². The van der Waals surface area contributed by atoms with Gasteiger partial charge in [-0.3, -0.25) is 4.79 Å². The van der Waals surface area contributed by atoms with E-state index >= 15 is 0 Å². The van der Waals surface area contributed by atoms with Crippen molar-refractivity contribution < 1.29 is 47.7 Å². The van der Waals surface area contributed by atoms with Crippen LogP contribution in [0.2, 0.25) is 0 Å². The van der Waals surface area contributed by atoms with Crippen LogP contribution in [0.3, 0.4) is 0 Å². The summed E-state index contributed by atoms with van der Waals surface area (Å²) in [5, 5.41) is 0. The molecule has 0 heterocycles. The van der Waals surface area contributed by atoms with Crippen molar-refractivity contribution in [2.45, 2.75) is 6.92 Å². The van der Waals surface area contributed by atoms with Crippen LogP contribution in [0.5, 0.6) is 28.7 Å². The van der Waals surface area contributed by atoms with Crippen LogP contribution in [0.15, 0.2) is 74.4 Å². The van der Waals surface area contributed by atoms with Crippen molar-refractivity contribution in [3.05, 3.63) is 79.9 Å². The van der Waals surface area contributed by atoms with Crippen molar-refractivity contribution in [3.8, 4) is 28.7 Å². The lowest BCUT2D eigenvalue weighted by Crippen LogP contribution is -2.13. The topological polar surface area (TPSA) is 132 Å². The molecule has 0 amide bonds. The van der Waals surface area contributed by atoms with E-state index in [0.717, 1.165) is 43.4 Å². The third kappa shape index (κ3) is 7.31. The quantitative estimate of drug-likeness (QED) is 0.308. The maximum Gasteiger partial charge on any atom is 0.343 e.